The highest BCUT2D eigenvalue weighted by Gasteiger charge is 2.21. The number of carbonyl (C=O) groups is 1. The Bertz CT molecular complexity index is 344. The Morgan fingerprint density at radius 1 is 1.59 bits per heavy atom. The molecule has 17 heavy (non-hydrogen) atoms. The van der Waals surface area contributed by atoms with Crippen LogP contribution in [0.4, 0.5) is 0 Å². The Hall–Kier alpha value is -1.13. The molecule has 1 heterocycles. The number of rotatable bonds is 8. The van der Waals surface area contributed by atoms with Gasteiger partial charge in [-0.15, -0.1) is 0 Å². The Morgan fingerprint density at radius 2 is 2.41 bits per heavy atom. The summed E-state index contributed by atoms with van der Waals surface area (Å²) in [4.78, 5) is 13.6. The molecule has 4 heteroatoms. The van der Waals surface area contributed by atoms with Crippen LogP contribution in [0.5, 0.6) is 0 Å². The van der Waals surface area contributed by atoms with E-state index in [1.165, 1.54) is 19.1 Å². The van der Waals surface area contributed by atoms with Gasteiger partial charge in [0.15, 0.2) is 5.76 Å². The van der Waals surface area contributed by atoms with Crippen molar-refractivity contribution in [2.75, 3.05) is 33.4 Å². The molecule has 0 radical (unpaired) electrons. The predicted octanol–water partition coefficient (Wildman–Crippen LogP) is 1.82. The van der Waals surface area contributed by atoms with Crippen LogP contribution in [0, 0.1) is 5.92 Å². The minimum atomic E-state index is 0.0136. The highest BCUT2D eigenvalue weighted by molar-refractivity contribution is 5.94. The van der Waals surface area contributed by atoms with Gasteiger partial charge in [0.25, 0.3) is 0 Å². The van der Waals surface area contributed by atoms with E-state index in [1.807, 2.05) is 11.9 Å². The number of nitrogens with zero attached hydrogens (tertiary/aromatic N) is 1. The maximum atomic E-state index is 11.7. The van der Waals surface area contributed by atoms with E-state index in [0.717, 1.165) is 19.1 Å². The van der Waals surface area contributed by atoms with Crippen molar-refractivity contribution in [2.24, 2.45) is 5.92 Å². The summed E-state index contributed by atoms with van der Waals surface area (Å²) in [6, 6.07) is 3.42. The van der Waals surface area contributed by atoms with Crippen LogP contribution in [0.25, 0.3) is 0 Å². The zero-order valence-corrected chi connectivity index (χ0v) is 10.2. The van der Waals surface area contributed by atoms with Gasteiger partial charge in [0.1, 0.15) is 0 Å². The van der Waals surface area contributed by atoms with Crippen LogP contribution in [0.3, 0.4) is 0 Å². The van der Waals surface area contributed by atoms with Crippen molar-refractivity contribution in [2.45, 2.75) is 12.8 Å². The molecule has 0 bridgehead atoms. The molecule has 94 valence electrons. The van der Waals surface area contributed by atoms with Crippen LogP contribution >= 0.6 is 0 Å². The van der Waals surface area contributed by atoms with Crippen LogP contribution < -0.4 is 0 Å². The first kappa shape index (κ1) is 12.3. The van der Waals surface area contributed by atoms with Crippen LogP contribution in [-0.2, 0) is 4.74 Å². The molecule has 0 N–H and O–H groups in total. The number of hydrogen-bond donors (Lipinski definition) is 0. The van der Waals surface area contributed by atoms with E-state index in [0.29, 0.717) is 18.9 Å². The second-order valence-corrected chi connectivity index (χ2v) is 4.66. The standard InChI is InChI=1S/C13H19NO3/c1-14(6-8-16-10-11-4-5-11)9-12(15)13-3-2-7-17-13/h2-3,7,11H,4-6,8-10H2,1H3. The third-order valence-electron chi connectivity index (χ3n) is 2.88. The van der Waals surface area contributed by atoms with Crippen LogP contribution in [-0.4, -0.2) is 44.0 Å². The van der Waals surface area contributed by atoms with Crippen molar-refractivity contribution in [3.63, 3.8) is 0 Å². The third kappa shape index (κ3) is 4.32. The lowest BCUT2D eigenvalue weighted by Gasteiger charge is -2.14. The van der Waals surface area contributed by atoms with E-state index >= 15 is 0 Å². The molecule has 4 nitrogen and oxygen atoms in total. The van der Waals surface area contributed by atoms with Crippen LogP contribution in [0.1, 0.15) is 23.4 Å². The van der Waals surface area contributed by atoms with Gasteiger partial charge in [0.2, 0.25) is 5.78 Å². The topological polar surface area (TPSA) is 42.7 Å². The molecule has 1 saturated carbocycles. The second kappa shape index (κ2) is 5.98. The van der Waals surface area contributed by atoms with Gasteiger partial charge in [-0.3, -0.25) is 9.69 Å². The lowest BCUT2D eigenvalue weighted by atomic mass is 10.3. The summed E-state index contributed by atoms with van der Waals surface area (Å²) in [6.45, 7) is 2.72. The monoisotopic (exact) mass is 237 g/mol. The number of hydrogen-bond acceptors (Lipinski definition) is 4. The first-order valence-corrected chi connectivity index (χ1v) is 6.08. The summed E-state index contributed by atoms with van der Waals surface area (Å²) in [5.41, 5.74) is 0. The lowest BCUT2D eigenvalue weighted by molar-refractivity contribution is 0.0840. The molecule has 0 atom stereocenters. The molecule has 1 aliphatic rings. The van der Waals surface area contributed by atoms with Crippen LogP contribution in [0.2, 0.25) is 0 Å². The van der Waals surface area contributed by atoms with Gasteiger partial charge in [-0.25, -0.2) is 0 Å². The number of carbonyl (C=O) groups excluding carboxylic acids is 1. The first-order chi connectivity index (χ1) is 8.25. The first-order valence-electron chi connectivity index (χ1n) is 6.08. The average Bonchev–Trinajstić information content (AvgIpc) is 2.95. The fourth-order valence-corrected chi connectivity index (χ4v) is 1.59. The zero-order valence-electron chi connectivity index (χ0n) is 10.2. The maximum absolute atomic E-state index is 11.7. The predicted molar refractivity (Wildman–Crippen MR) is 64.1 cm³/mol. The van der Waals surface area contributed by atoms with Gasteiger partial charge in [0, 0.05) is 13.2 Å². The van der Waals surface area contributed by atoms with Crippen molar-refractivity contribution >= 4 is 5.78 Å². The summed E-state index contributed by atoms with van der Waals surface area (Å²) < 4.78 is 10.6. The zero-order chi connectivity index (χ0) is 12.1. The molecule has 0 aliphatic heterocycles. The summed E-state index contributed by atoms with van der Waals surface area (Å²) in [7, 11) is 1.92. The SMILES string of the molecule is CN(CCOCC1CC1)CC(=O)c1ccco1. The summed E-state index contributed by atoms with van der Waals surface area (Å²) >= 11 is 0. The molecule has 0 amide bonds. The van der Waals surface area contributed by atoms with Crippen molar-refractivity contribution in [3.05, 3.63) is 24.2 Å². The quantitative estimate of drug-likeness (QED) is 0.511. The molecule has 0 saturated heterocycles. The van der Waals surface area contributed by atoms with E-state index in [4.69, 9.17) is 9.15 Å². The fraction of sp³-hybridized carbons (Fsp3) is 0.615. The van der Waals surface area contributed by atoms with Crippen molar-refractivity contribution in [3.8, 4) is 0 Å². The summed E-state index contributed by atoms with van der Waals surface area (Å²) in [6.07, 6.45) is 4.14. The molecular formula is C13H19NO3. The smallest absolute Gasteiger partial charge is 0.211 e. The number of ketones is 1. The van der Waals surface area contributed by atoms with Crippen molar-refractivity contribution in [1.82, 2.24) is 4.90 Å². The lowest BCUT2D eigenvalue weighted by Crippen LogP contribution is -2.29. The van der Waals surface area contributed by atoms with Gasteiger partial charge >= 0.3 is 0 Å². The maximum Gasteiger partial charge on any atom is 0.211 e. The minimum Gasteiger partial charge on any atom is -0.461 e. The average molecular weight is 237 g/mol. The number of furan rings is 1. The van der Waals surface area contributed by atoms with Crippen molar-refractivity contribution in [1.29, 1.82) is 0 Å². The molecule has 0 spiro atoms. The Labute approximate surface area is 102 Å². The molecule has 1 aliphatic carbocycles. The number of likely N-dealkylation sites (N-methyl/N-ethyl adjacent to an activating group) is 1. The fourth-order valence-electron chi connectivity index (χ4n) is 1.59. The summed E-state index contributed by atoms with van der Waals surface area (Å²) in [5.74, 6) is 1.24. The minimum absolute atomic E-state index is 0.0136. The molecule has 0 unspecified atom stereocenters. The largest absolute Gasteiger partial charge is 0.461 e. The van der Waals surface area contributed by atoms with Crippen molar-refractivity contribution < 1.29 is 13.9 Å². The number of ether oxygens (including phenoxy) is 1. The van der Waals surface area contributed by atoms with E-state index in [9.17, 15) is 4.79 Å². The van der Waals surface area contributed by atoms with Gasteiger partial charge < -0.3 is 9.15 Å². The Morgan fingerprint density at radius 3 is 3.06 bits per heavy atom. The Balaban J connectivity index is 1.59. The van der Waals surface area contributed by atoms with E-state index < -0.39 is 0 Å². The normalized spacial score (nSPS) is 15.4. The summed E-state index contributed by atoms with van der Waals surface area (Å²) in [5, 5.41) is 0. The highest BCUT2D eigenvalue weighted by atomic mass is 16.5. The molecule has 1 fully saturated rings. The molecule has 2 rings (SSSR count). The van der Waals surface area contributed by atoms with E-state index in [1.54, 1.807) is 12.1 Å². The van der Waals surface area contributed by atoms with Gasteiger partial charge in [-0.05, 0) is 37.9 Å². The molecule has 1 aromatic heterocycles. The van der Waals surface area contributed by atoms with Crippen LogP contribution in [0.15, 0.2) is 22.8 Å². The highest BCUT2D eigenvalue weighted by Crippen LogP contribution is 2.28. The molecule has 0 aromatic carbocycles. The Kier molecular flexibility index (Phi) is 4.34. The molecule has 1 aromatic rings. The second-order valence-electron chi connectivity index (χ2n) is 4.66. The van der Waals surface area contributed by atoms with E-state index in [-0.39, 0.29) is 5.78 Å². The van der Waals surface area contributed by atoms with Gasteiger partial charge in [-0.2, -0.15) is 0 Å². The number of Topliss-reactive ketones (excluding diaryl/α,β-unsaturated/α-hetero) is 1. The van der Waals surface area contributed by atoms with E-state index in [2.05, 4.69) is 0 Å². The third-order valence-corrected chi connectivity index (χ3v) is 2.88. The van der Waals surface area contributed by atoms with Gasteiger partial charge in [0.05, 0.1) is 19.4 Å². The van der Waals surface area contributed by atoms with Gasteiger partial charge in [-0.1, -0.05) is 0 Å². The molecular weight excluding hydrogens is 218 g/mol.